The molecule has 1 N–H and O–H groups in total. The number of carbonyl (C=O) groups is 1. The lowest BCUT2D eigenvalue weighted by Gasteiger charge is -2.21. The molecule has 21 heavy (non-hydrogen) atoms. The van der Waals surface area contributed by atoms with E-state index < -0.39 is 0 Å². The minimum Gasteiger partial charge on any atom is -0.454 e. The molecule has 0 aromatic heterocycles. The van der Waals surface area contributed by atoms with Crippen LogP contribution in [0.25, 0.3) is 0 Å². The maximum absolute atomic E-state index is 12.1. The number of carbonyl (C=O) groups excluding carboxylic acids is 1. The van der Waals surface area contributed by atoms with E-state index in [1.165, 1.54) is 5.56 Å². The number of amides is 2. The second-order valence-corrected chi connectivity index (χ2v) is 6.20. The quantitative estimate of drug-likeness (QED) is 0.928. The van der Waals surface area contributed by atoms with Crippen molar-refractivity contribution in [1.82, 2.24) is 10.2 Å². The van der Waals surface area contributed by atoms with E-state index in [1.807, 2.05) is 11.0 Å². The molecule has 2 aliphatic heterocycles. The monoisotopic (exact) mass is 288 g/mol. The maximum Gasteiger partial charge on any atom is 0.317 e. The predicted molar refractivity (Wildman–Crippen MR) is 77.7 cm³/mol. The molecule has 2 heterocycles. The highest BCUT2D eigenvalue weighted by molar-refractivity contribution is 5.74. The molecule has 0 bridgehead atoms. The van der Waals surface area contributed by atoms with Gasteiger partial charge in [0.15, 0.2) is 11.5 Å². The molecule has 5 heteroatoms. The number of nitrogens with one attached hydrogen (secondary N) is 1. The molecule has 1 aromatic carbocycles. The second-order valence-electron chi connectivity index (χ2n) is 6.20. The second kappa shape index (κ2) is 4.83. The van der Waals surface area contributed by atoms with E-state index in [-0.39, 0.29) is 11.4 Å². The van der Waals surface area contributed by atoms with Gasteiger partial charge in [0.05, 0.1) is 0 Å². The normalized spacial score (nSPS) is 21.4. The molecule has 0 spiro atoms. The molecule has 112 valence electrons. The predicted octanol–water partition coefficient (Wildman–Crippen LogP) is 2.25. The van der Waals surface area contributed by atoms with Crippen molar-refractivity contribution in [1.29, 1.82) is 0 Å². The van der Waals surface area contributed by atoms with E-state index in [9.17, 15) is 4.79 Å². The molecule has 2 amide bonds. The first-order chi connectivity index (χ1) is 10.3. The number of nitrogens with zero attached hydrogens (tertiary/aromatic N) is 1. The molecular weight excluding hydrogens is 268 g/mol. The third-order valence-corrected chi connectivity index (χ3v) is 4.81. The first-order valence-electron chi connectivity index (χ1n) is 7.70. The van der Waals surface area contributed by atoms with E-state index in [1.54, 1.807) is 0 Å². The van der Waals surface area contributed by atoms with Crippen molar-refractivity contribution in [3.8, 4) is 11.5 Å². The summed E-state index contributed by atoms with van der Waals surface area (Å²) >= 11 is 0. The molecule has 0 radical (unpaired) electrons. The van der Waals surface area contributed by atoms with Crippen molar-refractivity contribution in [2.24, 2.45) is 0 Å². The Kier molecular flexibility index (Phi) is 2.94. The lowest BCUT2D eigenvalue weighted by molar-refractivity contribution is 0.174. The third kappa shape index (κ3) is 2.30. The Bertz CT molecular complexity index is 563. The Morgan fingerprint density at radius 1 is 1.19 bits per heavy atom. The van der Waals surface area contributed by atoms with E-state index in [2.05, 4.69) is 17.4 Å². The van der Waals surface area contributed by atoms with Crippen molar-refractivity contribution < 1.29 is 14.3 Å². The van der Waals surface area contributed by atoms with Gasteiger partial charge in [0.25, 0.3) is 0 Å². The fourth-order valence-electron chi connectivity index (χ4n) is 3.22. The summed E-state index contributed by atoms with van der Waals surface area (Å²) in [5, 5.41) is 3.11. The Hall–Kier alpha value is -1.91. The molecule has 0 unspecified atom stereocenters. The van der Waals surface area contributed by atoms with Crippen LogP contribution in [-0.4, -0.2) is 37.4 Å². The van der Waals surface area contributed by atoms with Crippen molar-refractivity contribution in [3.05, 3.63) is 23.8 Å². The van der Waals surface area contributed by atoms with Crippen molar-refractivity contribution in [3.63, 3.8) is 0 Å². The maximum atomic E-state index is 12.1. The van der Waals surface area contributed by atoms with Gasteiger partial charge < -0.3 is 19.7 Å². The number of benzene rings is 1. The SMILES string of the molecule is O=C(NCC1(c2ccc3c(c2)OCO3)CC1)N1CCCC1. The zero-order chi connectivity index (χ0) is 14.3. The summed E-state index contributed by atoms with van der Waals surface area (Å²) in [7, 11) is 0. The highest BCUT2D eigenvalue weighted by Gasteiger charge is 2.45. The largest absolute Gasteiger partial charge is 0.454 e. The van der Waals surface area contributed by atoms with E-state index in [0.717, 1.165) is 50.3 Å². The van der Waals surface area contributed by atoms with Crippen LogP contribution in [0.1, 0.15) is 31.2 Å². The zero-order valence-electron chi connectivity index (χ0n) is 12.1. The van der Waals surface area contributed by atoms with Gasteiger partial charge in [-0.1, -0.05) is 6.07 Å². The summed E-state index contributed by atoms with van der Waals surface area (Å²) in [5.74, 6) is 1.64. The first kappa shape index (κ1) is 12.8. The summed E-state index contributed by atoms with van der Waals surface area (Å²) in [6.45, 7) is 2.80. The van der Waals surface area contributed by atoms with Gasteiger partial charge in [-0.05, 0) is 43.4 Å². The van der Waals surface area contributed by atoms with E-state index >= 15 is 0 Å². The number of fused-ring (bicyclic) bond motifs is 1. The van der Waals surface area contributed by atoms with Crippen molar-refractivity contribution in [2.75, 3.05) is 26.4 Å². The van der Waals surface area contributed by atoms with Crippen LogP contribution in [0.4, 0.5) is 4.79 Å². The standard InChI is InChI=1S/C16H20N2O3/c19-15(18-7-1-2-8-18)17-10-16(5-6-16)12-3-4-13-14(9-12)21-11-20-13/h3-4,9H,1-2,5-8,10-11H2,(H,17,19). The zero-order valence-corrected chi connectivity index (χ0v) is 12.1. The van der Waals surface area contributed by atoms with E-state index in [0.29, 0.717) is 13.3 Å². The molecule has 2 fully saturated rings. The summed E-state index contributed by atoms with van der Waals surface area (Å²) < 4.78 is 10.8. The lowest BCUT2D eigenvalue weighted by atomic mass is 9.95. The Balaban J connectivity index is 1.43. The molecule has 0 atom stereocenters. The van der Waals surface area contributed by atoms with Gasteiger partial charge in [-0.15, -0.1) is 0 Å². The van der Waals surface area contributed by atoms with Gasteiger partial charge >= 0.3 is 6.03 Å². The Morgan fingerprint density at radius 3 is 2.71 bits per heavy atom. The van der Waals surface area contributed by atoms with Gasteiger partial charge in [0.2, 0.25) is 6.79 Å². The molecule has 1 saturated heterocycles. The van der Waals surface area contributed by atoms with Crippen LogP contribution in [0, 0.1) is 0 Å². The van der Waals surface area contributed by atoms with Crippen LogP contribution >= 0.6 is 0 Å². The average molecular weight is 288 g/mol. The van der Waals surface area contributed by atoms with Gasteiger partial charge in [0, 0.05) is 25.0 Å². The summed E-state index contributed by atoms with van der Waals surface area (Å²) in [5.41, 5.74) is 1.34. The Morgan fingerprint density at radius 2 is 1.95 bits per heavy atom. The van der Waals surface area contributed by atoms with Crippen molar-refractivity contribution in [2.45, 2.75) is 31.1 Å². The van der Waals surface area contributed by atoms with Crippen LogP contribution in [0.2, 0.25) is 0 Å². The number of hydrogen-bond acceptors (Lipinski definition) is 3. The van der Waals surface area contributed by atoms with Crippen LogP contribution in [0.3, 0.4) is 0 Å². The van der Waals surface area contributed by atoms with Crippen LogP contribution in [0.5, 0.6) is 11.5 Å². The average Bonchev–Trinajstić information content (AvgIpc) is 2.95. The minimum atomic E-state index is 0.0829. The van der Waals surface area contributed by atoms with Crippen molar-refractivity contribution >= 4 is 6.03 Å². The van der Waals surface area contributed by atoms with Gasteiger partial charge in [-0.25, -0.2) is 4.79 Å². The number of hydrogen-bond donors (Lipinski definition) is 1. The van der Waals surface area contributed by atoms with E-state index in [4.69, 9.17) is 9.47 Å². The van der Waals surface area contributed by atoms with Gasteiger partial charge in [-0.2, -0.15) is 0 Å². The number of likely N-dealkylation sites (tertiary alicyclic amines) is 1. The van der Waals surface area contributed by atoms with Crippen LogP contribution in [-0.2, 0) is 5.41 Å². The molecule has 3 aliphatic rings. The smallest absolute Gasteiger partial charge is 0.317 e. The lowest BCUT2D eigenvalue weighted by Crippen LogP contribution is -2.41. The Labute approximate surface area is 124 Å². The summed E-state index contributed by atoms with van der Waals surface area (Å²) in [4.78, 5) is 14.0. The van der Waals surface area contributed by atoms with Gasteiger partial charge in [-0.3, -0.25) is 0 Å². The summed E-state index contributed by atoms with van der Waals surface area (Å²) in [6.07, 6.45) is 4.49. The van der Waals surface area contributed by atoms with Gasteiger partial charge in [0.1, 0.15) is 0 Å². The topological polar surface area (TPSA) is 50.8 Å². The highest BCUT2D eigenvalue weighted by atomic mass is 16.7. The molecular formula is C16H20N2O3. The molecule has 1 saturated carbocycles. The molecule has 5 nitrogen and oxygen atoms in total. The minimum absolute atomic E-state index is 0.0829. The number of ether oxygens (including phenoxy) is 2. The first-order valence-corrected chi connectivity index (χ1v) is 7.70. The number of rotatable bonds is 3. The fourth-order valence-corrected chi connectivity index (χ4v) is 3.22. The molecule has 1 aromatic rings. The summed E-state index contributed by atoms with van der Waals surface area (Å²) in [6, 6.07) is 6.22. The van der Waals surface area contributed by atoms with Crippen LogP contribution < -0.4 is 14.8 Å². The fraction of sp³-hybridized carbons (Fsp3) is 0.562. The van der Waals surface area contributed by atoms with Crippen LogP contribution in [0.15, 0.2) is 18.2 Å². The third-order valence-electron chi connectivity index (χ3n) is 4.81. The molecule has 1 aliphatic carbocycles. The highest BCUT2D eigenvalue weighted by Crippen LogP contribution is 2.49. The number of urea groups is 1. The molecule has 4 rings (SSSR count).